The highest BCUT2D eigenvalue weighted by Gasteiger charge is 2.53. The molecule has 1 aliphatic heterocycles. The van der Waals surface area contributed by atoms with Gasteiger partial charge in [0.1, 0.15) is 18.3 Å². The van der Waals surface area contributed by atoms with E-state index < -0.39 is 37.0 Å². The molecule has 0 unspecified atom stereocenters. The Morgan fingerprint density at radius 3 is 2.15 bits per heavy atom. The fourth-order valence-electron chi connectivity index (χ4n) is 1.10. The summed E-state index contributed by atoms with van der Waals surface area (Å²) in [5.74, 6) is -2.93. The van der Waals surface area contributed by atoms with Gasteiger partial charge in [-0.2, -0.15) is 0 Å². The Hall–Kier alpha value is -0.280. The van der Waals surface area contributed by atoms with Gasteiger partial charge in [0, 0.05) is 0 Å². The van der Waals surface area contributed by atoms with E-state index in [1.54, 1.807) is 0 Å². The van der Waals surface area contributed by atoms with Gasteiger partial charge in [-0.3, -0.25) is 0 Å². The van der Waals surface area contributed by atoms with Gasteiger partial charge in [-0.05, 0) is 0 Å². The molecule has 4 atom stereocenters. The molecule has 0 aliphatic carbocycles. The maximum Gasteiger partial charge on any atom is 0.245 e. The lowest BCUT2D eigenvalue weighted by Crippen LogP contribution is -2.66. The Kier molecular flexibility index (Phi) is 2.88. The van der Waals surface area contributed by atoms with E-state index in [1.807, 2.05) is 0 Å². The van der Waals surface area contributed by atoms with Gasteiger partial charge in [-0.25, -0.2) is 0 Å². The van der Waals surface area contributed by atoms with Gasteiger partial charge in [0.25, 0.3) is 0 Å². The zero-order valence-corrected chi connectivity index (χ0v) is 6.61. The molecule has 0 amide bonds. The second-order valence-corrected chi connectivity index (χ2v) is 2.93. The molecule has 0 radical (unpaired) electrons. The lowest BCUT2D eigenvalue weighted by atomic mass is 9.96. The Bertz CT molecular complexity index is 182. The average Bonchev–Trinajstić information content (AvgIpc) is 2.09. The van der Waals surface area contributed by atoms with Crippen molar-refractivity contribution in [3.05, 3.63) is 0 Å². The molecule has 1 rings (SSSR count). The fourth-order valence-corrected chi connectivity index (χ4v) is 1.10. The van der Waals surface area contributed by atoms with E-state index in [0.717, 1.165) is 0 Å². The Morgan fingerprint density at radius 2 is 1.69 bits per heavy atom. The summed E-state index contributed by atoms with van der Waals surface area (Å²) in [5, 5.41) is 53.7. The third kappa shape index (κ3) is 1.67. The molecule has 1 heterocycles. The molecule has 0 aromatic heterocycles. The van der Waals surface area contributed by atoms with Crippen LogP contribution in [0.3, 0.4) is 0 Å². The third-order valence-electron chi connectivity index (χ3n) is 1.99. The quantitative estimate of drug-likeness (QED) is 0.236. The number of aliphatic hydroxyl groups excluding tert-OH is 4. The first-order valence-corrected chi connectivity index (χ1v) is 3.66. The number of aliphatic hydroxyl groups is 6. The Morgan fingerprint density at radius 1 is 1.15 bits per heavy atom. The monoisotopic (exact) mass is 196 g/mol. The van der Waals surface area contributed by atoms with E-state index in [9.17, 15) is 0 Å². The van der Waals surface area contributed by atoms with Gasteiger partial charge >= 0.3 is 0 Å². The van der Waals surface area contributed by atoms with Crippen molar-refractivity contribution in [3.63, 3.8) is 0 Å². The summed E-state index contributed by atoms with van der Waals surface area (Å²) >= 11 is 0. The van der Waals surface area contributed by atoms with Crippen molar-refractivity contribution in [2.45, 2.75) is 30.4 Å². The number of hydrogen-bond acceptors (Lipinski definition) is 7. The van der Waals surface area contributed by atoms with Crippen molar-refractivity contribution in [1.29, 1.82) is 0 Å². The smallest absolute Gasteiger partial charge is 0.245 e. The van der Waals surface area contributed by atoms with Crippen LogP contribution in [0.15, 0.2) is 0 Å². The van der Waals surface area contributed by atoms with Crippen LogP contribution in [0.2, 0.25) is 0 Å². The standard InChI is InChI=1S/C6H12O7/c7-1-2-3(8)4(9)6(11,12)5(10)13-2/h2-5,7-12H,1H2/t2-,3-,4-,5-/m1/s1. The second kappa shape index (κ2) is 3.46. The van der Waals surface area contributed by atoms with Crippen LogP contribution >= 0.6 is 0 Å². The van der Waals surface area contributed by atoms with Crippen molar-refractivity contribution in [1.82, 2.24) is 0 Å². The van der Waals surface area contributed by atoms with Crippen molar-refractivity contribution in [2.75, 3.05) is 6.61 Å². The predicted octanol–water partition coefficient (Wildman–Crippen LogP) is -3.90. The molecule has 0 aromatic rings. The molecule has 1 saturated heterocycles. The van der Waals surface area contributed by atoms with Gasteiger partial charge in [-0.1, -0.05) is 0 Å². The van der Waals surface area contributed by atoms with Crippen molar-refractivity contribution in [2.24, 2.45) is 0 Å². The third-order valence-corrected chi connectivity index (χ3v) is 1.99. The van der Waals surface area contributed by atoms with E-state index in [-0.39, 0.29) is 0 Å². The van der Waals surface area contributed by atoms with E-state index in [4.69, 9.17) is 30.6 Å². The van der Waals surface area contributed by atoms with Crippen LogP contribution in [0.1, 0.15) is 0 Å². The van der Waals surface area contributed by atoms with E-state index in [2.05, 4.69) is 4.74 Å². The van der Waals surface area contributed by atoms with Crippen LogP contribution in [0.4, 0.5) is 0 Å². The molecular weight excluding hydrogens is 184 g/mol. The van der Waals surface area contributed by atoms with Gasteiger partial charge < -0.3 is 35.4 Å². The van der Waals surface area contributed by atoms with Gasteiger partial charge in [0.2, 0.25) is 12.1 Å². The van der Waals surface area contributed by atoms with E-state index in [0.29, 0.717) is 0 Å². The lowest BCUT2D eigenvalue weighted by Gasteiger charge is -2.42. The van der Waals surface area contributed by atoms with Gasteiger partial charge in [0.05, 0.1) is 6.61 Å². The molecule has 7 heteroatoms. The largest absolute Gasteiger partial charge is 0.394 e. The number of ether oxygens (including phenoxy) is 1. The first-order valence-electron chi connectivity index (χ1n) is 3.66. The summed E-state index contributed by atoms with van der Waals surface area (Å²) < 4.78 is 4.43. The maximum absolute atomic E-state index is 9.12. The molecule has 78 valence electrons. The molecule has 0 spiro atoms. The van der Waals surface area contributed by atoms with Crippen LogP contribution < -0.4 is 0 Å². The number of rotatable bonds is 1. The highest BCUT2D eigenvalue weighted by atomic mass is 16.7. The van der Waals surface area contributed by atoms with E-state index >= 15 is 0 Å². The minimum atomic E-state index is -2.93. The summed E-state index contributed by atoms with van der Waals surface area (Å²) in [5.41, 5.74) is 0. The highest BCUT2D eigenvalue weighted by molar-refractivity contribution is 4.92. The van der Waals surface area contributed by atoms with Gasteiger partial charge in [-0.15, -0.1) is 0 Å². The summed E-state index contributed by atoms with van der Waals surface area (Å²) in [6.07, 6.45) is -6.96. The fraction of sp³-hybridized carbons (Fsp3) is 1.00. The zero-order valence-electron chi connectivity index (χ0n) is 6.61. The summed E-state index contributed by atoms with van der Waals surface area (Å²) in [7, 11) is 0. The molecule has 1 aliphatic rings. The lowest BCUT2D eigenvalue weighted by molar-refractivity contribution is -0.395. The Labute approximate surface area is 73.4 Å². The summed E-state index contributed by atoms with van der Waals surface area (Å²) in [6.45, 7) is -0.647. The molecule has 0 aromatic carbocycles. The minimum Gasteiger partial charge on any atom is -0.394 e. The van der Waals surface area contributed by atoms with Crippen LogP contribution in [0, 0.1) is 0 Å². The van der Waals surface area contributed by atoms with Crippen LogP contribution in [-0.4, -0.2) is 67.6 Å². The van der Waals surface area contributed by atoms with Gasteiger partial charge in [0.15, 0.2) is 0 Å². The topological polar surface area (TPSA) is 131 Å². The van der Waals surface area contributed by atoms with Crippen LogP contribution in [0.5, 0.6) is 0 Å². The predicted molar refractivity (Wildman–Crippen MR) is 37.1 cm³/mol. The second-order valence-electron chi connectivity index (χ2n) is 2.93. The minimum absolute atomic E-state index is 0.647. The molecule has 6 N–H and O–H groups in total. The zero-order chi connectivity index (χ0) is 10.2. The molecular formula is C6H12O7. The highest BCUT2D eigenvalue weighted by Crippen LogP contribution is 2.26. The van der Waals surface area contributed by atoms with Crippen LogP contribution in [0.25, 0.3) is 0 Å². The first kappa shape index (κ1) is 10.8. The molecule has 7 nitrogen and oxygen atoms in total. The molecule has 13 heavy (non-hydrogen) atoms. The van der Waals surface area contributed by atoms with Crippen molar-refractivity contribution >= 4 is 0 Å². The normalized spacial score (nSPS) is 44.8. The summed E-state index contributed by atoms with van der Waals surface area (Å²) in [4.78, 5) is 0. The van der Waals surface area contributed by atoms with Crippen molar-refractivity contribution < 1.29 is 35.4 Å². The number of hydrogen-bond donors (Lipinski definition) is 6. The Balaban J connectivity index is 2.79. The van der Waals surface area contributed by atoms with Crippen LogP contribution in [-0.2, 0) is 4.74 Å². The molecule has 0 bridgehead atoms. The van der Waals surface area contributed by atoms with Crippen molar-refractivity contribution in [3.8, 4) is 0 Å². The first-order chi connectivity index (χ1) is 5.91. The summed E-state index contributed by atoms with van der Waals surface area (Å²) in [6, 6.07) is 0. The average molecular weight is 196 g/mol. The SMILES string of the molecule is OC[C@H]1O[C@@H](O)C(O)(O)[C@H](O)[C@@H]1O. The van der Waals surface area contributed by atoms with E-state index in [1.165, 1.54) is 0 Å². The molecule has 0 saturated carbocycles. The maximum atomic E-state index is 9.12. The molecule has 1 fully saturated rings.